The zero-order valence-electron chi connectivity index (χ0n) is 13.1. The van der Waals surface area contributed by atoms with Crippen LogP contribution < -0.4 is 11.2 Å². The molecule has 124 valence electrons. The monoisotopic (exact) mass is 353 g/mol. The molecule has 1 amide bonds. The number of carbonyl (C=O) groups excluding carboxylic acids is 1. The SMILES string of the molecule is CCC[C@H](C)NC(=O)CSc1nnc(-c2cccc(Cl)c2)n1N. The van der Waals surface area contributed by atoms with Crippen molar-refractivity contribution in [1.29, 1.82) is 0 Å². The normalized spacial score (nSPS) is 12.1. The molecule has 0 radical (unpaired) electrons. The van der Waals surface area contributed by atoms with Crippen molar-refractivity contribution in [3.8, 4) is 11.4 Å². The fourth-order valence-corrected chi connectivity index (χ4v) is 3.01. The molecule has 0 fully saturated rings. The highest BCUT2D eigenvalue weighted by molar-refractivity contribution is 7.99. The van der Waals surface area contributed by atoms with Crippen LogP contribution in [0.2, 0.25) is 5.02 Å². The van der Waals surface area contributed by atoms with Crippen molar-refractivity contribution in [3.05, 3.63) is 29.3 Å². The first-order valence-electron chi connectivity index (χ1n) is 7.39. The van der Waals surface area contributed by atoms with E-state index < -0.39 is 0 Å². The van der Waals surface area contributed by atoms with E-state index >= 15 is 0 Å². The van der Waals surface area contributed by atoms with Crippen LogP contribution >= 0.6 is 23.4 Å². The van der Waals surface area contributed by atoms with E-state index in [-0.39, 0.29) is 17.7 Å². The summed E-state index contributed by atoms with van der Waals surface area (Å²) in [5, 5.41) is 12.1. The average molecular weight is 354 g/mol. The topological polar surface area (TPSA) is 85.8 Å². The zero-order chi connectivity index (χ0) is 16.8. The van der Waals surface area contributed by atoms with Crippen molar-refractivity contribution < 1.29 is 4.79 Å². The smallest absolute Gasteiger partial charge is 0.230 e. The summed E-state index contributed by atoms with van der Waals surface area (Å²) in [5.74, 6) is 6.74. The molecule has 2 aromatic rings. The number of halogens is 1. The average Bonchev–Trinajstić information content (AvgIpc) is 2.86. The van der Waals surface area contributed by atoms with Crippen molar-refractivity contribution >= 4 is 29.3 Å². The Balaban J connectivity index is 1.99. The largest absolute Gasteiger partial charge is 0.353 e. The van der Waals surface area contributed by atoms with Crippen LogP contribution in [0.15, 0.2) is 29.4 Å². The Bertz CT molecular complexity index is 676. The highest BCUT2D eigenvalue weighted by Gasteiger charge is 2.14. The number of nitrogens with two attached hydrogens (primary N) is 1. The fourth-order valence-electron chi connectivity index (χ4n) is 2.15. The third-order valence-corrected chi connectivity index (χ3v) is 4.39. The fraction of sp³-hybridized carbons (Fsp3) is 0.400. The van der Waals surface area contributed by atoms with Gasteiger partial charge in [0.15, 0.2) is 5.82 Å². The van der Waals surface area contributed by atoms with E-state index in [1.807, 2.05) is 19.1 Å². The van der Waals surface area contributed by atoms with Gasteiger partial charge in [0.1, 0.15) is 0 Å². The predicted octanol–water partition coefficient (Wildman–Crippen LogP) is 2.71. The number of hydrogen-bond donors (Lipinski definition) is 2. The molecule has 1 heterocycles. The van der Waals surface area contributed by atoms with E-state index in [2.05, 4.69) is 22.4 Å². The van der Waals surface area contributed by atoms with E-state index in [0.29, 0.717) is 16.0 Å². The molecule has 8 heteroatoms. The molecule has 23 heavy (non-hydrogen) atoms. The minimum atomic E-state index is -0.0387. The Morgan fingerprint density at radius 1 is 1.48 bits per heavy atom. The van der Waals surface area contributed by atoms with Crippen molar-refractivity contribution in [1.82, 2.24) is 20.2 Å². The van der Waals surface area contributed by atoms with Crippen LogP contribution in [-0.2, 0) is 4.79 Å². The molecule has 0 saturated carbocycles. The van der Waals surface area contributed by atoms with Gasteiger partial charge in [-0.3, -0.25) is 4.79 Å². The van der Waals surface area contributed by atoms with E-state index in [1.165, 1.54) is 16.4 Å². The van der Waals surface area contributed by atoms with Crippen LogP contribution in [0.25, 0.3) is 11.4 Å². The van der Waals surface area contributed by atoms with Gasteiger partial charge in [0.2, 0.25) is 11.1 Å². The van der Waals surface area contributed by atoms with Crippen LogP contribution in [0.4, 0.5) is 0 Å². The first kappa shape index (κ1) is 17.6. The van der Waals surface area contributed by atoms with Crippen LogP contribution in [0, 0.1) is 0 Å². The summed E-state index contributed by atoms with van der Waals surface area (Å²) in [6, 6.07) is 7.39. The molecule has 1 aromatic heterocycles. The number of carbonyl (C=O) groups is 1. The number of nitrogen functional groups attached to an aromatic ring is 1. The lowest BCUT2D eigenvalue weighted by atomic mass is 10.2. The summed E-state index contributed by atoms with van der Waals surface area (Å²) in [7, 11) is 0. The molecule has 0 unspecified atom stereocenters. The molecular weight excluding hydrogens is 334 g/mol. The maximum absolute atomic E-state index is 11.9. The highest BCUT2D eigenvalue weighted by atomic mass is 35.5. The molecule has 1 aromatic carbocycles. The van der Waals surface area contributed by atoms with Gasteiger partial charge in [-0.2, -0.15) is 0 Å². The summed E-state index contributed by atoms with van der Waals surface area (Å²) >= 11 is 7.23. The van der Waals surface area contributed by atoms with Crippen molar-refractivity contribution in [2.24, 2.45) is 0 Å². The minimum absolute atomic E-state index is 0.0387. The number of thioether (sulfide) groups is 1. The van der Waals surface area contributed by atoms with Gasteiger partial charge in [0.05, 0.1) is 5.75 Å². The maximum Gasteiger partial charge on any atom is 0.230 e. The Kier molecular flexibility index (Phi) is 6.29. The molecule has 6 nitrogen and oxygen atoms in total. The van der Waals surface area contributed by atoms with E-state index in [0.717, 1.165) is 18.4 Å². The first-order valence-corrected chi connectivity index (χ1v) is 8.76. The standard InChI is InChI=1S/C15H20ClN5OS/c1-3-5-10(2)18-13(22)9-23-15-20-19-14(21(15)17)11-6-4-7-12(16)8-11/h4,6-8,10H,3,5,9,17H2,1-2H3,(H,18,22)/t10-/m0/s1. The molecule has 0 bridgehead atoms. The molecule has 2 rings (SSSR count). The van der Waals surface area contributed by atoms with Crippen molar-refractivity contribution in [3.63, 3.8) is 0 Å². The molecule has 0 saturated heterocycles. The van der Waals surface area contributed by atoms with Crippen LogP contribution in [0.1, 0.15) is 26.7 Å². The Hall–Kier alpha value is -1.73. The lowest BCUT2D eigenvalue weighted by Crippen LogP contribution is -2.33. The number of hydrogen-bond acceptors (Lipinski definition) is 5. The van der Waals surface area contributed by atoms with Gasteiger partial charge in [-0.15, -0.1) is 10.2 Å². The molecular formula is C15H20ClN5OS. The third-order valence-electron chi connectivity index (χ3n) is 3.21. The molecule has 0 aliphatic heterocycles. The van der Waals surface area contributed by atoms with Crippen LogP contribution in [-0.4, -0.2) is 32.6 Å². The lowest BCUT2D eigenvalue weighted by molar-refractivity contribution is -0.119. The molecule has 0 aliphatic rings. The van der Waals surface area contributed by atoms with E-state index in [9.17, 15) is 4.79 Å². The van der Waals surface area contributed by atoms with Gasteiger partial charge >= 0.3 is 0 Å². The summed E-state index contributed by atoms with van der Waals surface area (Å²) in [4.78, 5) is 11.9. The van der Waals surface area contributed by atoms with Gasteiger partial charge in [-0.25, -0.2) is 4.68 Å². The number of benzene rings is 1. The summed E-state index contributed by atoms with van der Waals surface area (Å²) < 4.78 is 1.37. The minimum Gasteiger partial charge on any atom is -0.353 e. The van der Waals surface area contributed by atoms with E-state index in [1.54, 1.807) is 12.1 Å². The van der Waals surface area contributed by atoms with Crippen molar-refractivity contribution in [2.45, 2.75) is 37.9 Å². The lowest BCUT2D eigenvalue weighted by Gasteiger charge is -2.12. The summed E-state index contributed by atoms with van der Waals surface area (Å²) in [5.41, 5.74) is 0.778. The summed E-state index contributed by atoms with van der Waals surface area (Å²) in [6.07, 6.45) is 2.00. The Morgan fingerprint density at radius 3 is 2.96 bits per heavy atom. The van der Waals surface area contributed by atoms with Gasteiger partial charge in [0, 0.05) is 16.6 Å². The number of nitrogens with zero attached hydrogens (tertiary/aromatic N) is 3. The van der Waals surface area contributed by atoms with E-state index in [4.69, 9.17) is 17.4 Å². The number of amides is 1. The second kappa shape index (κ2) is 8.21. The number of nitrogens with one attached hydrogen (secondary N) is 1. The molecule has 3 N–H and O–H groups in total. The number of aromatic nitrogens is 3. The zero-order valence-corrected chi connectivity index (χ0v) is 14.7. The second-order valence-corrected chi connectivity index (χ2v) is 6.61. The van der Waals surface area contributed by atoms with Gasteiger partial charge < -0.3 is 11.2 Å². The quantitative estimate of drug-likeness (QED) is 0.590. The van der Waals surface area contributed by atoms with Crippen LogP contribution in [0.3, 0.4) is 0 Å². The molecule has 1 atom stereocenters. The Labute approximate surface area is 144 Å². The van der Waals surface area contributed by atoms with Gasteiger partial charge in [0.25, 0.3) is 0 Å². The third kappa shape index (κ3) is 4.87. The summed E-state index contributed by atoms with van der Waals surface area (Å²) in [6.45, 7) is 4.08. The Morgan fingerprint density at radius 2 is 2.26 bits per heavy atom. The predicted molar refractivity (Wildman–Crippen MR) is 93.9 cm³/mol. The van der Waals surface area contributed by atoms with Crippen molar-refractivity contribution in [2.75, 3.05) is 11.6 Å². The van der Waals surface area contributed by atoms with Gasteiger partial charge in [-0.1, -0.05) is 48.8 Å². The second-order valence-electron chi connectivity index (χ2n) is 5.23. The van der Waals surface area contributed by atoms with Crippen LogP contribution in [0.5, 0.6) is 0 Å². The number of rotatable bonds is 7. The molecule has 0 spiro atoms. The molecule has 0 aliphatic carbocycles. The van der Waals surface area contributed by atoms with Gasteiger partial charge in [-0.05, 0) is 25.5 Å². The maximum atomic E-state index is 11.9. The highest BCUT2D eigenvalue weighted by Crippen LogP contribution is 2.23. The first-order chi connectivity index (χ1) is 11.0.